The third-order valence-electron chi connectivity index (χ3n) is 4.74. The Hall–Kier alpha value is -3.02. The molecule has 0 aliphatic carbocycles. The molecule has 0 spiro atoms. The van der Waals surface area contributed by atoms with Gasteiger partial charge in [0.05, 0.1) is 6.54 Å². The van der Waals surface area contributed by atoms with Crippen LogP contribution in [0.25, 0.3) is 0 Å². The summed E-state index contributed by atoms with van der Waals surface area (Å²) in [5.74, 6) is 0.511. The van der Waals surface area contributed by atoms with Crippen LogP contribution in [0.4, 0.5) is 27.9 Å². The first-order chi connectivity index (χ1) is 15.5. The highest BCUT2D eigenvalue weighted by molar-refractivity contribution is 7.12. The second kappa shape index (κ2) is 10.3. The number of thiophene rings is 1. The maximum absolute atomic E-state index is 12.8. The second-order valence-corrected chi connectivity index (χ2v) is 8.38. The van der Waals surface area contributed by atoms with E-state index in [1.165, 1.54) is 22.8 Å². The molecule has 0 saturated carbocycles. The fourth-order valence-corrected chi connectivity index (χ4v) is 3.99. The summed E-state index contributed by atoms with van der Waals surface area (Å²) in [6, 6.07) is 2.31. The van der Waals surface area contributed by atoms with Crippen LogP contribution in [0.2, 0.25) is 0 Å². The van der Waals surface area contributed by atoms with Crippen LogP contribution in [0.1, 0.15) is 28.4 Å². The zero-order chi connectivity index (χ0) is 24.2. The van der Waals surface area contributed by atoms with Crippen LogP contribution in [0, 0.1) is 6.92 Å². The number of allylic oxidation sites excluding steroid dienone is 2. The highest BCUT2D eigenvalue weighted by atomic mass is 32.1. The van der Waals surface area contributed by atoms with Gasteiger partial charge < -0.3 is 9.64 Å². The topological polar surface area (TPSA) is 60.2 Å². The van der Waals surface area contributed by atoms with Crippen molar-refractivity contribution in [2.24, 2.45) is 0 Å². The summed E-state index contributed by atoms with van der Waals surface area (Å²) in [6.45, 7) is 3.21. The van der Waals surface area contributed by atoms with Gasteiger partial charge in [-0.15, -0.1) is 11.3 Å². The number of rotatable bonds is 5. The van der Waals surface area contributed by atoms with Crippen LogP contribution in [-0.4, -0.2) is 34.2 Å². The summed E-state index contributed by atoms with van der Waals surface area (Å²) in [4.78, 5) is 22.4. The fourth-order valence-electron chi connectivity index (χ4n) is 3.13. The molecular formula is C21H21F5N4O2S. The number of hydrogen-bond acceptors (Lipinski definition) is 6. The molecule has 0 amide bonds. The highest BCUT2D eigenvalue weighted by Crippen LogP contribution is 2.34. The lowest BCUT2D eigenvalue weighted by Crippen LogP contribution is -2.34. The van der Waals surface area contributed by atoms with E-state index in [-0.39, 0.29) is 18.3 Å². The van der Waals surface area contributed by atoms with Gasteiger partial charge in [-0.2, -0.15) is 31.9 Å². The molecule has 0 saturated heterocycles. The second-order valence-electron chi connectivity index (χ2n) is 7.21. The van der Waals surface area contributed by atoms with Gasteiger partial charge in [0.1, 0.15) is 16.5 Å². The molecule has 0 radical (unpaired) electrons. The molecule has 0 N–H and O–H groups in total. The highest BCUT2D eigenvalue weighted by Gasteiger charge is 2.32. The molecule has 1 aliphatic heterocycles. The molecule has 6 nitrogen and oxygen atoms in total. The van der Waals surface area contributed by atoms with Crippen molar-refractivity contribution in [3.8, 4) is 0 Å². The van der Waals surface area contributed by atoms with Crippen LogP contribution in [0.15, 0.2) is 53.1 Å². The molecule has 12 heteroatoms. The smallest absolute Gasteiger partial charge is 0.425 e. The number of halogens is 5. The lowest BCUT2D eigenvalue weighted by molar-refractivity contribution is -0.134. The number of alkyl halides is 5. The Morgan fingerprint density at radius 1 is 1.24 bits per heavy atom. The SMILES string of the molecule is C=C1/C=C(OC(F)F)\C=C/CCN(c2nc(C)n(Cc3ccc(C(F)(F)F)s3)c(=O)n2)CC1. The van der Waals surface area contributed by atoms with Crippen molar-refractivity contribution in [2.75, 3.05) is 18.0 Å². The third kappa shape index (κ3) is 6.73. The van der Waals surface area contributed by atoms with E-state index in [4.69, 9.17) is 0 Å². The zero-order valence-electron chi connectivity index (χ0n) is 17.6. The van der Waals surface area contributed by atoms with Crippen LogP contribution >= 0.6 is 11.3 Å². The summed E-state index contributed by atoms with van der Waals surface area (Å²) in [5, 5.41) is 0. The van der Waals surface area contributed by atoms with E-state index in [1.807, 2.05) is 0 Å². The predicted molar refractivity (Wildman–Crippen MR) is 114 cm³/mol. The van der Waals surface area contributed by atoms with Gasteiger partial charge in [-0.25, -0.2) is 4.79 Å². The van der Waals surface area contributed by atoms with Gasteiger partial charge in [0.2, 0.25) is 5.95 Å². The van der Waals surface area contributed by atoms with Crippen molar-refractivity contribution in [2.45, 2.75) is 39.1 Å². The summed E-state index contributed by atoms with van der Waals surface area (Å²) < 4.78 is 69.2. The first kappa shape index (κ1) is 24.6. The van der Waals surface area contributed by atoms with E-state index >= 15 is 0 Å². The Bertz CT molecular complexity index is 1120. The first-order valence-corrected chi connectivity index (χ1v) is 10.7. The third-order valence-corrected chi connectivity index (χ3v) is 5.85. The van der Waals surface area contributed by atoms with E-state index in [1.54, 1.807) is 17.9 Å². The Labute approximate surface area is 190 Å². The van der Waals surface area contributed by atoms with E-state index in [0.29, 0.717) is 53.5 Å². The molecule has 1 aliphatic rings. The van der Waals surface area contributed by atoms with Crippen molar-refractivity contribution in [3.05, 3.63) is 74.3 Å². The first-order valence-electron chi connectivity index (χ1n) is 9.90. The molecule has 2 aromatic heterocycles. The average Bonchev–Trinajstić information content (AvgIpc) is 3.18. The Kier molecular flexibility index (Phi) is 7.67. The van der Waals surface area contributed by atoms with E-state index in [9.17, 15) is 26.7 Å². The van der Waals surface area contributed by atoms with Gasteiger partial charge in [-0.3, -0.25) is 4.57 Å². The number of aryl methyl sites for hydroxylation is 1. The quantitative estimate of drug-likeness (QED) is 0.560. The van der Waals surface area contributed by atoms with Gasteiger partial charge in [0.15, 0.2) is 0 Å². The predicted octanol–water partition coefficient (Wildman–Crippen LogP) is 4.91. The fraction of sp³-hybridized carbons (Fsp3) is 0.381. The summed E-state index contributed by atoms with van der Waals surface area (Å²) in [5.41, 5.74) is -0.0798. The van der Waals surface area contributed by atoms with E-state index < -0.39 is 23.4 Å². The lowest BCUT2D eigenvalue weighted by atomic mass is 10.1. The van der Waals surface area contributed by atoms with Crippen molar-refractivity contribution < 1.29 is 26.7 Å². The van der Waals surface area contributed by atoms with Crippen LogP contribution in [0.3, 0.4) is 0 Å². The lowest BCUT2D eigenvalue weighted by Gasteiger charge is -2.23. The molecule has 3 rings (SSSR count). The molecule has 0 atom stereocenters. The zero-order valence-corrected chi connectivity index (χ0v) is 18.4. The van der Waals surface area contributed by atoms with Gasteiger partial charge >= 0.3 is 18.5 Å². The van der Waals surface area contributed by atoms with Gasteiger partial charge in [0.25, 0.3) is 0 Å². The van der Waals surface area contributed by atoms with Crippen molar-refractivity contribution in [3.63, 3.8) is 0 Å². The molecule has 0 bridgehead atoms. The van der Waals surface area contributed by atoms with Crippen LogP contribution in [0.5, 0.6) is 0 Å². The number of ether oxygens (including phenoxy) is 1. The minimum Gasteiger partial charge on any atom is -0.435 e. The van der Waals surface area contributed by atoms with Crippen molar-refractivity contribution >= 4 is 17.3 Å². The maximum atomic E-state index is 12.8. The minimum atomic E-state index is -4.44. The van der Waals surface area contributed by atoms with E-state index in [2.05, 4.69) is 21.3 Å². The number of aromatic nitrogens is 3. The Morgan fingerprint density at radius 3 is 2.64 bits per heavy atom. The number of anilines is 1. The summed E-state index contributed by atoms with van der Waals surface area (Å²) >= 11 is 0.567. The molecule has 2 aromatic rings. The molecule has 3 heterocycles. The number of nitrogens with zero attached hydrogens (tertiary/aromatic N) is 4. The van der Waals surface area contributed by atoms with Crippen molar-refractivity contribution in [1.82, 2.24) is 14.5 Å². The van der Waals surface area contributed by atoms with Crippen molar-refractivity contribution in [1.29, 1.82) is 0 Å². The summed E-state index contributed by atoms with van der Waals surface area (Å²) in [6.07, 6.45) is 0.922. The van der Waals surface area contributed by atoms with Gasteiger partial charge in [-0.1, -0.05) is 12.7 Å². The van der Waals surface area contributed by atoms with E-state index in [0.717, 1.165) is 6.07 Å². The molecule has 0 aromatic carbocycles. The van der Waals surface area contributed by atoms with Gasteiger partial charge in [-0.05, 0) is 49.6 Å². The largest absolute Gasteiger partial charge is 0.435 e. The average molecular weight is 488 g/mol. The van der Waals surface area contributed by atoms with Crippen LogP contribution in [-0.2, 0) is 17.5 Å². The monoisotopic (exact) mass is 488 g/mol. The maximum Gasteiger partial charge on any atom is 0.425 e. The molecular weight excluding hydrogens is 467 g/mol. The molecule has 33 heavy (non-hydrogen) atoms. The standard InChI is InChI=1S/C21H21F5N4O2S/c1-13-8-10-29(9-4-3-5-15(11-13)32-18(22)23)19-27-14(2)30(20(31)28-19)12-16-6-7-17(33-16)21(24,25)26/h3,5-7,11,18H,1,4,8-10,12H2,2H3/b5-3-,15-11+. The number of hydrogen-bond donors (Lipinski definition) is 0. The van der Waals surface area contributed by atoms with Gasteiger partial charge in [0, 0.05) is 18.0 Å². The molecule has 0 unspecified atom stereocenters. The Balaban J connectivity index is 1.77. The molecule has 0 fully saturated rings. The van der Waals surface area contributed by atoms with Crippen LogP contribution < -0.4 is 10.6 Å². The normalized spacial score (nSPS) is 18.2. The molecule has 178 valence electrons. The Morgan fingerprint density at radius 2 is 2.00 bits per heavy atom. The minimum absolute atomic E-state index is 0.0143. The summed E-state index contributed by atoms with van der Waals surface area (Å²) in [7, 11) is 0.